The van der Waals surface area contributed by atoms with Crippen LogP contribution in [0.4, 0.5) is 5.69 Å². The first-order valence-corrected chi connectivity index (χ1v) is 8.70. The van der Waals surface area contributed by atoms with Gasteiger partial charge in [-0.3, -0.25) is 10.1 Å². The van der Waals surface area contributed by atoms with Gasteiger partial charge in [0.05, 0.1) is 11.0 Å². The summed E-state index contributed by atoms with van der Waals surface area (Å²) in [5.74, 6) is 0. The highest BCUT2D eigenvalue weighted by Crippen LogP contribution is 2.26. The summed E-state index contributed by atoms with van der Waals surface area (Å²) in [5.41, 5.74) is 8.87. The molecule has 0 heterocycles. The Morgan fingerprint density at radius 2 is 1.76 bits per heavy atom. The van der Waals surface area contributed by atoms with Gasteiger partial charge in [0.1, 0.15) is 0 Å². The van der Waals surface area contributed by atoms with Gasteiger partial charge < -0.3 is 0 Å². The molecule has 0 fully saturated rings. The number of nitrogens with one attached hydrogen (secondary N) is 1. The maximum atomic E-state index is 12.6. The van der Waals surface area contributed by atoms with E-state index in [0.29, 0.717) is 5.56 Å². The van der Waals surface area contributed by atoms with Gasteiger partial charge in [-0.2, -0.15) is 0 Å². The average molecular weight is 361 g/mol. The van der Waals surface area contributed by atoms with Crippen LogP contribution in [0.25, 0.3) is 10.4 Å². The highest BCUT2D eigenvalue weighted by Gasteiger charge is 2.29. The summed E-state index contributed by atoms with van der Waals surface area (Å²) >= 11 is 0. The fourth-order valence-corrected chi connectivity index (χ4v) is 3.79. The van der Waals surface area contributed by atoms with E-state index in [1.807, 2.05) is 0 Å². The highest BCUT2D eigenvalue weighted by molar-refractivity contribution is 7.89. The number of hydrogen-bond donors (Lipinski definition) is 1. The third kappa shape index (κ3) is 4.32. The third-order valence-corrected chi connectivity index (χ3v) is 5.09. The van der Waals surface area contributed by atoms with Crippen molar-refractivity contribution in [2.24, 2.45) is 5.11 Å². The van der Waals surface area contributed by atoms with Gasteiger partial charge >= 0.3 is 0 Å². The van der Waals surface area contributed by atoms with Crippen LogP contribution < -0.4 is 4.72 Å². The number of sulfonamides is 1. The molecular weight excluding hydrogens is 346 g/mol. The number of benzene rings is 2. The Balaban J connectivity index is 2.36. The second-order valence-electron chi connectivity index (χ2n) is 5.20. The summed E-state index contributed by atoms with van der Waals surface area (Å²) in [5, 5.41) is 14.7. The molecule has 2 atom stereocenters. The second kappa shape index (κ2) is 7.75. The lowest BCUT2D eigenvalue weighted by molar-refractivity contribution is -0.387. The van der Waals surface area contributed by atoms with Crippen LogP contribution in [-0.4, -0.2) is 19.4 Å². The van der Waals surface area contributed by atoms with Crippen molar-refractivity contribution in [2.75, 3.05) is 0 Å². The van der Waals surface area contributed by atoms with E-state index in [1.165, 1.54) is 19.1 Å². The first-order valence-electron chi connectivity index (χ1n) is 7.21. The van der Waals surface area contributed by atoms with Crippen LogP contribution in [0, 0.1) is 10.1 Å². The summed E-state index contributed by atoms with van der Waals surface area (Å²) in [4.78, 5) is 12.6. The zero-order chi connectivity index (χ0) is 18.4. The average Bonchev–Trinajstić information content (AvgIpc) is 2.60. The molecule has 9 nitrogen and oxygen atoms in total. The minimum atomic E-state index is -4.18. The van der Waals surface area contributed by atoms with Crippen molar-refractivity contribution in [2.45, 2.75) is 23.9 Å². The molecule has 0 saturated carbocycles. The van der Waals surface area contributed by atoms with Crippen LogP contribution in [0.1, 0.15) is 18.5 Å². The molecule has 2 rings (SSSR count). The maximum absolute atomic E-state index is 12.6. The molecule has 0 amide bonds. The zero-order valence-electron chi connectivity index (χ0n) is 13.2. The predicted molar refractivity (Wildman–Crippen MR) is 91.2 cm³/mol. The van der Waals surface area contributed by atoms with Gasteiger partial charge in [0.15, 0.2) is 4.90 Å². The second-order valence-corrected chi connectivity index (χ2v) is 6.88. The molecule has 0 aliphatic rings. The molecule has 0 aliphatic carbocycles. The number of azide groups is 1. The molecule has 0 spiro atoms. The lowest BCUT2D eigenvalue weighted by Gasteiger charge is -2.21. The van der Waals surface area contributed by atoms with Crippen molar-refractivity contribution in [1.82, 2.24) is 4.72 Å². The molecule has 0 unspecified atom stereocenters. The van der Waals surface area contributed by atoms with Crippen LogP contribution >= 0.6 is 0 Å². The number of nitro benzene ring substituents is 1. The largest absolute Gasteiger partial charge is 0.289 e. The Morgan fingerprint density at radius 1 is 1.16 bits per heavy atom. The highest BCUT2D eigenvalue weighted by atomic mass is 32.2. The Labute approximate surface area is 144 Å². The molecular formula is C15H15N5O4S. The number of nitro groups is 1. The molecule has 10 heteroatoms. The number of para-hydroxylation sites is 1. The van der Waals surface area contributed by atoms with Gasteiger partial charge in [-0.25, -0.2) is 13.1 Å². The lowest BCUT2D eigenvalue weighted by atomic mass is 10.0. The quantitative estimate of drug-likeness (QED) is 0.266. The van der Waals surface area contributed by atoms with Crippen molar-refractivity contribution in [3.63, 3.8) is 0 Å². The zero-order valence-corrected chi connectivity index (χ0v) is 14.0. The first kappa shape index (κ1) is 18.4. The van der Waals surface area contributed by atoms with Gasteiger partial charge in [0.2, 0.25) is 10.0 Å². The lowest BCUT2D eigenvalue weighted by Crippen LogP contribution is -2.36. The van der Waals surface area contributed by atoms with E-state index in [1.54, 1.807) is 30.3 Å². The molecule has 0 bridgehead atoms. The molecule has 0 radical (unpaired) electrons. The van der Waals surface area contributed by atoms with Crippen LogP contribution in [-0.2, 0) is 10.0 Å². The van der Waals surface area contributed by atoms with Crippen molar-refractivity contribution in [3.8, 4) is 0 Å². The Morgan fingerprint density at radius 3 is 2.36 bits per heavy atom. The molecule has 0 aromatic heterocycles. The van der Waals surface area contributed by atoms with Gasteiger partial charge in [-0.15, -0.1) is 0 Å². The Hall–Kier alpha value is -2.94. The number of hydrogen-bond acceptors (Lipinski definition) is 5. The summed E-state index contributed by atoms with van der Waals surface area (Å²) < 4.78 is 27.5. The van der Waals surface area contributed by atoms with Crippen molar-refractivity contribution in [3.05, 3.63) is 80.7 Å². The molecule has 25 heavy (non-hydrogen) atoms. The Bertz CT molecular complexity index is 911. The standard InChI is InChI=1S/C15H15N5O4S/c1-11(15(17-19-16)12-7-3-2-4-8-12)18-25(23,24)14-10-6-5-9-13(14)20(21)22/h2-11,15,18H,1H3/t11-,15-/m1/s1. The Kier molecular flexibility index (Phi) is 5.71. The third-order valence-electron chi connectivity index (χ3n) is 3.48. The van der Waals surface area contributed by atoms with Crippen LogP contribution in [0.2, 0.25) is 0 Å². The van der Waals surface area contributed by atoms with E-state index >= 15 is 0 Å². The smallest absolute Gasteiger partial charge is 0.258 e. The van der Waals surface area contributed by atoms with Gasteiger partial charge in [-0.05, 0) is 24.1 Å². The van der Waals surface area contributed by atoms with Crippen LogP contribution in [0.5, 0.6) is 0 Å². The van der Waals surface area contributed by atoms with E-state index < -0.39 is 37.6 Å². The summed E-state index contributed by atoms with van der Waals surface area (Å²) in [6.07, 6.45) is 0. The minimum absolute atomic E-state index is 0.445. The monoisotopic (exact) mass is 361 g/mol. The summed E-state index contributed by atoms with van der Waals surface area (Å²) in [7, 11) is -4.18. The fraction of sp³-hybridized carbons (Fsp3) is 0.200. The maximum Gasteiger partial charge on any atom is 0.289 e. The molecule has 0 aliphatic heterocycles. The number of nitrogens with zero attached hydrogens (tertiary/aromatic N) is 4. The summed E-state index contributed by atoms with van der Waals surface area (Å²) in [6.45, 7) is 1.53. The molecule has 2 aromatic rings. The molecule has 2 aromatic carbocycles. The van der Waals surface area contributed by atoms with E-state index in [-0.39, 0.29) is 0 Å². The van der Waals surface area contributed by atoms with E-state index in [0.717, 1.165) is 12.1 Å². The molecule has 130 valence electrons. The van der Waals surface area contributed by atoms with Crippen molar-refractivity contribution in [1.29, 1.82) is 0 Å². The fourth-order valence-electron chi connectivity index (χ4n) is 2.37. The minimum Gasteiger partial charge on any atom is -0.258 e. The molecule has 1 N–H and O–H groups in total. The molecule has 0 saturated heterocycles. The number of rotatable bonds is 7. The predicted octanol–water partition coefficient (Wildman–Crippen LogP) is 3.31. The van der Waals surface area contributed by atoms with E-state index in [4.69, 9.17) is 5.53 Å². The SMILES string of the molecule is C[C@@H](NS(=O)(=O)c1ccccc1[N+](=O)[O-])[C@@H](N=[N+]=[N-])c1ccccc1. The van der Waals surface area contributed by atoms with Crippen molar-refractivity contribution >= 4 is 15.7 Å². The van der Waals surface area contributed by atoms with E-state index in [9.17, 15) is 18.5 Å². The van der Waals surface area contributed by atoms with Crippen LogP contribution in [0.3, 0.4) is 0 Å². The summed E-state index contributed by atoms with van der Waals surface area (Å²) in [6, 6.07) is 12.1. The van der Waals surface area contributed by atoms with E-state index in [2.05, 4.69) is 14.7 Å². The van der Waals surface area contributed by atoms with Crippen LogP contribution in [0.15, 0.2) is 64.6 Å². The van der Waals surface area contributed by atoms with Crippen molar-refractivity contribution < 1.29 is 13.3 Å². The topological polar surface area (TPSA) is 138 Å². The van der Waals surface area contributed by atoms with Gasteiger partial charge in [-0.1, -0.05) is 47.6 Å². The first-order chi connectivity index (χ1) is 11.9. The normalized spacial score (nSPS) is 13.5. The van der Waals surface area contributed by atoms with Gasteiger partial charge in [0, 0.05) is 17.0 Å². The van der Waals surface area contributed by atoms with Gasteiger partial charge in [0.25, 0.3) is 5.69 Å².